The predicted molar refractivity (Wildman–Crippen MR) is 114 cm³/mol. The van der Waals surface area contributed by atoms with Gasteiger partial charge < -0.3 is 19.5 Å². The zero-order valence-corrected chi connectivity index (χ0v) is 18.4. The van der Waals surface area contributed by atoms with Gasteiger partial charge in [-0.05, 0) is 44.9 Å². The minimum Gasteiger partial charge on any atom is -0.381 e. The molecule has 0 radical (unpaired) electrons. The Morgan fingerprint density at radius 3 is 2.88 bits per heavy atom. The van der Waals surface area contributed by atoms with E-state index in [-0.39, 0.29) is 24.0 Å². The number of hydrogen-bond donors (Lipinski definition) is 1. The van der Waals surface area contributed by atoms with Gasteiger partial charge in [-0.2, -0.15) is 0 Å². The first kappa shape index (κ1) is 21.4. The molecule has 0 saturated carbocycles. The van der Waals surface area contributed by atoms with Gasteiger partial charge in [0.05, 0.1) is 0 Å². The van der Waals surface area contributed by atoms with Gasteiger partial charge in [-0.3, -0.25) is 0 Å². The van der Waals surface area contributed by atoms with Gasteiger partial charge in [0.15, 0.2) is 11.8 Å². The smallest absolute Gasteiger partial charge is 0.194 e. The van der Waals surface area contributed by atoms with Crippen LogP contribution in [0.5, 0.6) is 0 Å². The van der Waals surface area contributed by atoms with Crippen molar-refractivity contribution in [2.24, 2.45) is 10.9 Å². The van der Waals surface area contributed by atoms with Crippen LogP contribution in [0.1, 0.15) is 50.7 Å². The summed E-state index contributed by atoms with van der Waals surface area (Å²) in [5.74, 6) is 3.85. The molecule has 1 fully saturated rings. The van der Waals surface area contributed by atoms with Crippen molar-refractivity contribution >= 4 is 29.9 Å². The molecular weight excluding hydrogens is 443 g/mol. The van der Waals surface area contributed by atoms with Crippen molar-refractivity contribution in [1.29, 1.82) is 0 Å². The lowest BCUT2D eigenvalue weighted by molar-refractivity contribution is 0.0625. The summed E-state index contributed by atoms with van der Waals surface area (Å²) in [6.07, 6.45) is 7.05. The highest BCUT2D eigenvalue weighted by Crippen LogP contribution is 2.18. The van der Waals surface area contributed by atoms with Crippen LogP contribution in [0.4, 0.5) is 0 Å². The second-order valence-electron chi connectivity index (χ2n) is 7.08. The van der Waals surface area contributed by atoms with Crippen LogP contribution in [-0.4, -0.2) is 59.0 Å². The Morgan fingerprint density at radius 1 is 1.31 bits per heavy atom. The Labute approximate surface area is 174 Å². The van der Waals surface area contributed by atoms with Crippen molar-refractivity contribution in [3.63, 3.8) is 0 Å². The number of ether oxygens (including phenoxy) is 1. The van der Waals surface area contributed by atoms with Gasteiger partial charge in [-0.15, -0.1) is 34.2 Å². The molecule has 148 valence electrons. The molecule has 0 atom stereocenters. The van der Waals surface area contributed by atoms with Crippen LogP contribution < -0.4 is 5.32 Å². The predicted octanol–water partition coefficient (Wildman–Crippen LogP) is 2.45. The van der Waals surface area contributed by atoms with E-state index in [2.05, 4.69) is 39.0 Å². The first-order valence-corrected chi connectivity index (χ1v) is 9.76. The van der Waals surface area contributed by atoms with Crippen molar-refractivity contribution in [3.05, 3.63) is 11.6 Å². The fourth-order valence-corrected chi connectivity index (χ4v) is 3.62. The SMILES string of the molecule is CCNC(=NCc1nnc2n1CCCC2)N(C)CCC1CCOCC1.I. The van der Waals surface area contributed by atoms with Crippen LogP contribution in [0, 0.1) is 5.92 Å². The number of rotatable bonds is 6. The molecule has 0 bridgehead atoms. The first-order valence-electron chi connectivity index (χ1n) is 9.76. The van der Waals surface area contributed by atoms with Crippen molar-refractivity contribution in [2.45, 2.75) is 58.5 Å². The Hall–Kier alpha value is -0.900. The molecule has 1 N–H and O–H groups in total. The van der Waals surface area contributed by atoms with E-state index >= 15 is 0 Å². The summed E-state index contributed by atoms with van der Waals surface area (Å²) in [7, 11) is 2.13. The summed E-state index contributed by atoms with van der Waals surface area (Å²) in [5, 5.41) is 12.1. The molecule has 26 heavy (non-hydrogen) atoms. The van der Waals surface area contributed by atoms with Crippen molar-refractivity contribution in [3.8, 4) is 0 Å². The first-order chi connectivity index (χ1) is 12.3. The van der Waals surface area contributed by atoms with Gasteiger partial charge in [-0.25, -0.2) is 4.99 Å². The van der Waals surface area contributed by atoms with Crippen LogP contribution in [0.3, 0.4) is 0 Å². The molecule has 2 aliphatic heterocycles. The van der Waals surface area contributed by atoms with Gasteiger partial charge in [0.2, 0.25) is 0 Å². The summed E-state index contributed by atoms with van der Waals surface area (Å²) in [4.78, 5) is 7.05. The minimum absolute atomic E-state index is 0. The topological polar surface area (TPSA) is 67.6 Å². The Bertz CT molecular complexity index is 570. The van der Waals surface area contributed by atoms with Crippen LogP contribution in [-0.2, 0) is 24.2 Å². The van der Waals surface area contributed by atoms with Crippen LogP contribution in [0.15, 0.2) is 4.99 Å². The van der Waals surface area contributed by atoms with Gasteiger partial charge in [0.25, 0.3) is 0 Å². The van der Waals surface area contributed by atoms with Crippen molar-refractivity contribution < 1.29 is 4.74 Å². The number of nitrogens with zero attached hydrogens (tertiary/aromatic N) is 5. The zero-order valence-electron chi connectivity index (χ0n) is 16.1. The quantitative estimate of drug-likeness (QED) is 0.388. The van der Waals surface area contributed by atoms with Gasteiger partial charge in [0.1, 0.15) is 12.4 Å². The standard InChI is InChI=1S/C18H32N6O.HI/c1-3-19-18(23(2)11-7-15-8-12-25-13-9-15)20-14-17-22-21-16-6-4-5-10-24(16)17;/h15H,3-14H2,1-2H3,(H,19,20);1H. The highest BCUT2D eigenvalue weighted by Gasteiger charge is 2.17. The fourth-order valence-electron chi connectivity index (χ4n) is 3.62. The van der Waals surface area contributed by atoms with E-state index < -0.39 is 0 Å². The van der Waals surface area contributed by atoms with E-state index in [0.717, 1.165) is 62.8 Å². The monoisotopic (exact) mass is 476 g/mol. The Balaban J connectivity index is 0.00000243. The van der Waals surface area contributed by atoms with Gasteiger partial charge in [-0.1, -0.05) is 0 Å². The van der Waals surface area contributed by atoms with Crippen LogP contribution in [0.25, 0.3) is 0 Å². The minimum atomic E-state index is 0. The van der Waals surface area contributed by atoms with E-state index in [1.807, 2.05) is 0 Å². The number of halogens is 1. The third-order valence-electron chi connectivity index (χ3n) is 5.22. The second-order valence-corrected chi connectivity index (χ2v) is 7.08. The molecule has 0 spiro atoms. The molecule has 1 aromatic heterocycles. The van der Waals surface area contributed by atoms with E-state index in [4.69, 9.17) is 9.73 Å². The van der Waals surface area contributed by atoms with Crippen LogP contribution in [0.2, 0.25) is 0 Å². The molecule has 0 amide bonds. The molecule has 3 rings (SSSR count). The lowest BCUT2D eigenvalue weighted by atomic mass is 9.96. The molecular formula is C18H33IN6O. The summed E-state index contributed by atoms with van der Waals surface area (Å²) in [5.41, 5.74) is 0. The summed E-state index contributed by atoms with van der Waals surface area (Å²) in [6, 6.07) is 0. The van der Waals surface area contributed by atoms with Crippen LogP contribution >= 0.6 is 24.0 Å². The third kappa shape index (κ3) is 5.80. The summed E-state index contributed by atoms with van der Waals surface area (Å²) >= 11 is 0. The molecule has 2 aliphatic rings. The number of aliphatic imine (C=N–C) groups is 1. The number of fused-ring (bicyclic) bond motifs is 1. The Morgan fingerprint density at radius 2 is 2.12 bits per heavy atom. The highest BCUT2D eigenvalue weighted by molar-refractivity contribution is 14.0. The average molecular weight is 476 g/mol. The van der Waals surface area contributed by atoms with E-state index in [0.29, 0.717) is 6.54 Å². The fraction of sp³-hybridized carbons (Fsp3) is 0.833. The van der Waals surface area contributed by atoms with E-state index in [1.165, 1.54) is 32.1 Å². The largest absolute Gasteiger partial charge is 0.381 e. The number of hydrogen-bond acceptors (Lipinski definition) is 4. The molecule has 1 saturated heterocycles. The zero-order chi connectivity index (χ0) is 17.5. The van der Waals surface area contributed by atoms with E-state index in [1.54, 1.807) is 0 Å². The maximum Gasteiger partial charge on any atom is 0.194 e. The maximum atomic E-state index is 5.45. The molecule has 3 heterocycles. The average Bonchev–Trinajstić information content (AvgIpc) is 3.07. The van der Waals surface area contributed by atoms with Crippen molar-refractivity contribution in [1.82, 2.24) is 25.0 Å². The third-order valence-corrected chi connectivity index (χ3v) is 5.22. The maximum absolute atomic E-state index is 5.45. The molecule has 1 aromatic rings. The molecule has 0 aromatic carbocycles. The Kier molecular flexibility index (Phi) is 9.10. The second kappa shape index (κ2) is 11.1. The summed E-state index contributed by atoms with van der Waals surface area (Å²) < 4.78 is 7.70. The highest BCUT2D eigenvalue weighted by atomic mass is 127. The lowest BCUT2D eigenvalue weighted by Crippen LogP contribution is -2.40. The molecule has 7 nitrogen and oxygen atoms in total. The number of nitrogens with one attached hydrogen (secondary N) is 1. The number of guanidine groups is 1. The number of aryl methyl sites for hydroxylation is 1. The normalized spacial score (nSPS) is 18.2. The van der Waals surface area contributed by atoms with Gasteiger partial charge in [0, 0.05) is 46.3 Å². The van der Waals surface area contributed by atoms with Gasteiger partial charge >= 0.3 is 0 Å². The summed E-state index contributed by atoms with van der Waals surface area (Å²) in [6.45, 7) is 7.47. The molecule has 0 unspecified atom stereocenters. The number of aromatic nitrogens is 3. The molecule has 0 aliphatic carbocycles. The molecule has 8 heteroatoms. The lowest BCUT2D eigenvalue weighted by Gasteiger charge is -2.26. The van der Waals surface area contributed by atoms with E-state index in [9.17, 15) is 0 Å². The van der Waals surface area contributed by atoms with Crippen molar-refractivity contribution in [2.75, 3.05) is 33.4 Å².